The largest absolute Gasteiger partial charge is 0.461 e. The van der Waals surface area contributed by atoms with Gasteiger partial charge in [-0.1, -0.05) is 18.2 Å². The van der Waals surface area contributed by atoms with Crippen LogP contribution in [0.15, 0.2) is 39.7 Å². The van der Waals surface area contributed by atoms with Crippen molar-refractivity contribution in [3.05, 3.63) is 50.1 Å². The number of aromatic nitrogens is 2. The number of para-hydroxylation sites is 1. The summed E-state index contributed by atoms with van der Waals surface area (Å²) in [7, 11) is 0. The minimum Gasteiger partial charge on any atom is -0.461 e. The van der Waals surface area contributed by atoms with E-state index in [1.807, 2.05) is 53.8 Å². The molecule has 0 atom stereocenters. The normalized spacial score (nSPS) is 11.0. The van der Waals surface area contributed by atoms with E-state index in [4.69, 9.17) is 4.42 Å². The van der Waals surface area contributed by atoms with Gasteiger partial charge in [0.2, 0.25) is 0 Å². The van der Waals surface area contributed by atoms with Crippen LogP contribution in [0.25, 0.3) is 22.4 Å². The molecule has 0 unspecified atom stereocenters. The van der Waals surface area contributed by atoms with E-state index in [0.717, 1.165) is 22.3 Å². The van der Waals surface area contributed by atoms with Crippen molar-refractivity contribution in [1.82, 2.24) is 9.97 Å². The van der Waals surface area contributed by atoms with Gasteiger partial charge in [0, 0.05) is 11.6 Å². The van der Waals surface area contributed by atoms with Gasteiger partial charge in [-0.05, 0) is 35.6 Å². The predicted octanol–water partition coefficient (Wildman–Crippen LogP) is 3.10. The summed E-state index contributed by atoms with van der Waals surface area (Å²) < 4.78 is 6.23. The molecule has 5 heteroatoms. The van der Waals surface area contributed by atoms with E-state index < -0.39 is 0 Å². The van der Waals surface area contributed by atoms with Crippen LogP contribution >= 0.6 is 22.6 Å². The first kappa shape index (κ1) is 11.5. The van der Waals surface area contributed by atoms with Gasteiger partial charge in [0.1, 0.15) is 17.2 Å². The second-order valence-corrected chi connectivity index (χ2v) is 5.10. The quantitative estimate of drug-likeness (QED) is 0.685. The number of aromatic amines is 1. The van der Waals surface area contributed by atoms with E-state index in [1.165, 1.54) is 0 Å². The molecule has 3 aromatic rings. The Labute approximate surface area is 116 Å². The first-order chi connectivity index (χ1) is 8.66. The number of hydrogen-bond donors (Lipinski definition) is 1. The maximum absolute atomic E-state index is 11.6. The van der Waals surface area contributed by atoms with Crippen LogP contribution in [0.4, 0.5) is 0 Å². The molecule has 0 amide bonds. The molecule has 2 aromatic heterocycles. The van der Waals surface area contributed by atoms with Crippen molar-refractivity contribution in [2.75, 3.05) is 0 Å². The molecule has 3 rings (SSSR count). The van der Waals surface area contributed by atoms with E-state index in [9.17, 15) is 4.79 Å². The van der Waals surface area contributed by atoms with Gasteiger partial charge in [-0.3, -0.25) is 4.79 Å². The fourth-order valence-corrected chi connectivity index (χ4v) is 2.24. The van der Waals surface area contributed by atoms with E-state index in [0.29, 0.717) is 9.39 Å². The maximum Gasteiger partial charge on any atom is 0.264 e. The molecular weight excluding hydrogens is 343 g/mol. The third-order valence-corrected chi connectivity index (χ3v) is 3.53. The Morgan fingerprint density at radius 3 is 2.89 bits per heavy atom. The number of aryl methyl sites for hydroxylation is 1. The lowest BCUT2D eigenvalue weighted by Gasteiger charge is -1.99. The molecule has 0 bridgehead atoms. The van der Waals surface area contributed by atoms with E-state index >= 15 is 0 Å². The molecule has 0 radical (unpaired) electrons. The molecule has 90 valence electrons. The minimum absolute atomic E-state index is 0.134. The molecule has 4 nitrogen and oxygen atoms in total. The Hall–Kier alpha value is -1.63. The SMILES string of the molecule is Cc1oc2ccccc2c1-c1ncc(I)c(=O)[nH]1. The topological polar surface area (TPSA) is 58.9 Å². The highest BCUT2D eigenvalue weighted by atomic mass is 127. The zero-order valence-corrected chi connectivity index (χ0v) is 11.7. The first-order valence-electron chi connectivity index (χ1n) is 5.40. The highest BCUT2D eigenvalue weighted by molar-refractivity contribution is 14.1. The number of benzene rings is 1. The molecule has 0 aliphatic carbocycles. The van der Waals surface area contributed by atoms with Gasteiger partial charge in [0.05, 0.1) is 9.13 Å². The maximum atomic E-state index is 11.6. The predicted molar refractivity (Wildman–Crippen MR) is 77.5 cm³/mol. The number of fused-ring (bicyclic) bond motifs is 1. The van der Waals surface area contributed by atoms with Crippen LogP contribution in [0, 0.1) is 10.5 Å². The number of nitrogens with zero attached hydrogens (tertiary/aromatic N) is 1. The number of hydrogen-bond acceptors (Lipinski definition) is 3. The smallest absolute Gasteiger partial charge is 0.264 e. The lowest BCUT2D eigenvalue weighted by molar-refractivity contribution is 0.579. The summed E-state index contributed by atoms with van der Waals surface area (Å²) in [5.74, 6) is 1.29. The van der Waals surface area contributed by atoms with Crippen LogP contribution in [0.1, 0.15) is 5.76 Å². The van der Waals surface area contributed by atoms with Crippen molar-refractivity contribution in [3.63, 3.8) is 0 Å². The van der Waals surface area contributed by atoms with Crippen LogP contribution in [-0.2, 0) is 0 Å². The van der Waals surface area contributed by atoms with Crippen LogP contribution in [0.5, 0.6) is 0 Å². The average Bonchev–Trinajstić information content (AvgIpc) is 2.69. The molecule has 0 saturated heterocycles. The molecule has 1 N–H and O–H groups in total. The monoisotopic (exact) mass is 352 g/mol. The third kappa shape index (κ3) is 1.74. The fourth-order valence-electron chi connectivity index (χ4n) is 1.97. The van der Waals surface area contributed by atoms with Gasteiger partial charge in [-0.15, -0.1) is 0 Å². The van der Waals surface area contributed by atoms with Crippen molar-refractivity contribution in [2.24, 2.45) is 0 Å². The summed E-state index contributed by atoms with van der Waals surface area (Å²) in [5, 5.41) is 0.958. The summed E-state index contributed by atoms with van der Waals surface area (Å²) in [6.45, 7) is 1.87. The van der Waals surface area contributed by atoms with Gasteiger partial charge in [-0.25, -0.2) is 4.98 Å². The van der Waals surface area contributed by atoms with Crippen molar-refractivity contribution >= 4 is 33.6 Å². The zero-order valence-electron chi connectivity index (χ0n) is 9.53. The summed E-state index contributed by atoms with van der Waals surface area (Å²) in [4.78, 5) is 18.7. The third-order valence-electron chi connectivity index (χ3n) is 2.76. The average molecular weight is 352 g/mol. The van der Waals surface area contributed by atoms with Gasteiger partial charge < -0.3 is 9.40 Å². The molecule has 0 spiro atoms. The highest BCUT2D eigenvalue weighted by Gasteiger charge is 2.14. The molecule has 0 saturated carbocycles. The van der Waals surface area contributed by atoms with Gasteiger partial charge in [0.15, 0.2) is 0 Å². The standard InChI is InChI=1S/C13H9IN2O2/c1-7-11(8-4-2-3-5-10(8)18-7)12-15-6-9(14)13(17)16-12/h2-6H,1H3,(H,15,16,17). The van der Waals surface area contributed by atoms with Gasteiger partial charge >= 0.3 is 0 Å². The number of nitrogens with one attached hydrogen (secondary N) is 1. The van der Waals surface area contributed by atoms with Crippen molar-refractivity contribution in [2.45, 2.75) is 6.92 Å². The van der Waals surface area contributed by atoms with Crippen molar-refractivity contribution in [1.29, 1.82) is 0 Å². The van der Waals surface area contributed by atoms with Crippen LogP contribution in [0.2, 0.25) is 0 Å². The lowest BCUT2D eigenvalue weighted by atomic mass is 10.1. The fraction of sp³-hybridized carbons (Fsp3) is 0.0769. The lowest BCUT2D eigenvalue weighted by Crippen LogP contribution is -2.11. The van der Waals surface area contributed by atoms with Crippen molar-refractivity contribution in [3.8, 4) is 11.4 Å². The Morgan fingerprint density at radius 1 is 1.33 bits per heavy atom. The molecule has 1 aromatic carbocycles. The second kappa shape index (κ2) is 4.24. The molecule has 18 heavy (non-hydrogen) atoms. The van der Waals surface area contributed by atoms with Crippen LogP contribution in [-0.4, -0.2) is 9.97 Å². The number of furan rings is 1. The summed E-state index contributed by atoms with van der Waals surface area (Å²) >= 11 is 1.96. The van der Waals surface area contributed by atoms with Gasteiger partial charge in [0.25, 0.3) is 5.56 Å². The number of rotatable bonds is 1. The van der Waals surface area contributed by atoms with Crippen molar-refractivity contribution < 1.29 is 4.42 Å². The highest BCUT2D eigenvalue weighted by Crippen LogP contribution is 2.31. The molecule has 0 fully saturated rings. The molecular formula is C13H9IN2O2. The Morgan fingerprint density at radius 2 is 2.11 bits per heavy atom. The van der Waals surface area contributed by atoms with E-state index in [-0.39, 0.29) is 5.56 Å². The second-order valence-electron chi connectivity index (χ2n) is 3.94. The zero-order chi connectivity index (χ0) is 12.7. The minimum atomic E-state index is -0.134. The summed E-state index contributed by atoms with van der Waals surface area (Å²) in [5.41, 5.74) is 1.51. The van der Waals surface area contributed by atoms with Crippen LogP contribution < -0.4 is 5.56 Å². The Bertz CT molecular complexity index is 789. The Kier molecular flexibility index (Phi) is 2.70. The summed E-state index contributed by atoms with van der Waals surface area (Å²) in [6.07, 6.45) is 1.57. The van der Waals surface area contributed by atoms with E-state index in [1.54, 1.807) is 6.20 Å². The Balaban J connectivity index is 2.34. The molecule has 2 heterocycles. The first-order valence-corrected chi connectivity index (χ1v) is 6.48. The van der Waals surface area contributed by atoms with Crippen LogP contribution in [0.3, 0.4) is 0 Å². The summed E-state index contributed by atoms with van der Waals surface area (Å²) in [6, 6.07) is 7.71. The van der Waals surface area contributed by atoms with Gasteiger partial charge in [-0.2, -0.15) is 0 Å². The van der Waals surface area contributed by atoms with E-state index in [2.05, 4.69) is 9.97 Å². The number of H-pyrrole nitrogens is 1. The molecule has 0 aliphatic rings. The number of halogens is 1. The molecule has 0 aliphatic heterocycles.